The summed E-state index contributed by atoms with van der Waals surface area (Å²) in [6.45, 7) is 1.88. The van der Waals surface area contributed by atoms with Crippen molar-refractivity contribution in [3.05, 3.63) is 28.7 Å². The highest BCUT2D eigenvalue weighted by atomic mass is 35.5. The van der Waals surface area contributed by atoms with Crippen LogP contribution in [0.3, 0.4) is 0 Å². The number of amides is 1. The van der Waals surface area contributed by atoms with E-state index in [9.17, 15) is 18.0 Å². The van der Waals surface area contributed by atoms with Crippen LogP contribution in [0.25, 0.3) is 5.65 Å². The summed E-state index contributed by atoms with van der Waals surface area (Å²) in [7, 11) is 0. The molecule has 0 radical (unpaired) electrons. The molecule has 0 spiro atoms. The molecule has 2 aromatic rings. The van der Waals surface area contributed by atoms with Crippen LogP contribution in [0.5, 0.6) is 0 Å². The Kier molecular flexibility index (Phi) is 5.14. The summed E-state index contributed by atoms with van der Waals surface area (Å²) < 4.78 is 39.9. The average Bonchev–Trinajstić information content (AvgIpc) is 3.19. The second kappa shape index (κ2) is 7.17. The van der Waals surface area contributed by atoms with Gasteiger partial charge in [0.05, 0.1) is 17.1 Å². The number of aromatic nitrogens is 3. The van der Waals surface area contributed by atoms with Crippen LogP contribution in [0.2, 0.25) is 5.02 Å². The summed E-state index contributed by atoms with van der Waals surface area (Å²) in [6, 6.07) is 0.809. The monoisotopic (exact) mass is 375 g/mol. The fraction of sp³-hybridized carbons (Fsp3) is 0.533. The fourth-order valence-corrected chi connectivity index (χ4v) is 3.08. The maximum atomic E-state index is 12.9. The lowest BCUT2D eigenvalue weighted by Gasteiger charge is -2.10. The fourth-order valence-electron chi connectivity index (χ4n) is 2.84. The van der Waals surface area contributed by atoms with Crippen molar-refractivity contribution in [2.45, 2.75) is 32.0 Å². The first-order chi connectivity index (χ1) is 11.8. The molecule has 0 bridgehead atoms. The summed E-state index contributed by atoms with van der Waals surface area (Å²) in [5.41, 5.74) is -0.776. The number of halogens is 4. The average molecular weight is 376 g/mol. The van der Waals surface area contributed by atoms with Gasteiger partial charge in [0, 0.05) is 12.6 Å². The zero-order chi connectivity index (χ0) is 18.0. The number of rotatable bonds is 5. The van der Waals surface area contributed by atoms with E-state index >= 15 is 0 Å². The van der Waals surface area contributed by atoms with Gasteiger partial charge in [0.1, 0.15) is 0 Å². The van der Waals surface area contributed by atoms with Gasteiger partial charge >= 0.3 is 6.18 Å². The Morgan fingerprint density at radius 2 is 2.24 bits per heavy atom. The molecule has 3 heterocycles. The Bertz CT molecular complexity index is 770. The van der Waals surface area contributed by atoms with E-state index in [0.717, 1.165) is 42.6 Å². The van der Waals surface area contributed by atoms with Gasteiger partial charge in [-0.25, -0.2) is 0 Å². The van der Waals surface area contributed by atoms with Crippen LogP contribution >= 0.6 is 11.6 Å². The van der Waals surface area contributed by atoms with Gasteiger partial charge in [-0.2, -0.15) is 13.2 Å². The molecule has 1 aliphatic rings. The van der Waals surface area contributed by atoms with E-state index in [1.807, 2.05) is 0 Å². The Hall–Kier alpha value is -1.87. The minimum atomic E-state index is -4.53. The first-order valence-electron chi connectivity index (χ1n) is 7.92. The van der Waals surface area contributed by atoms with Crippen molar-refractivity contribution in [3.8, 4) is 0 Å². The quantitative estimate of drug-likeness (QED) is 0.842. The van der Waals surface area contributed by atoms with Gasteiger partial charge in [-0.1, -0.05) is 11.6 Å². The highest BCUT2D eigenvalue weighted by molar-refractivity contribution is 6.33. The van der Waals surface area contributed by atoms with Crippen LogP contribution < -0.4 is 10.6 Å². The molecule has 2 N–H and O–H groups in total. The molecule has 3 rings (SSSR count). The van der Waals surface area contributed by atoms with E-state index in [-0.39, 0.29) is 28.9 Å². The standard InChI is InChI=1S/C15H17ClF3N5O/c16-11-5-10(15(17,18)19)8-24-12(22-23-14(11)24)7-21-13(25)2-1-9-3-4-20-6-9/h5,8-9,20H,1-4,6-7H2,(H,21,25). The van der Waals surface area contributed by atoms with E-state index in [4.69, 9.17) is 11.6 Å². The minimum Gasteiger partial charge on any atom is -0.349 e. The number of pyridine rings is 1. The normalized spacial score (nSPS) is 18.0. The molecule has 10 heteroatoms. The van der Waals surface area contributed by atoms with Gasteiger partial charge in [-0.15, -0.1) is 10.2 Å². The molecule has 1 aliphatic heterocycles. The molecule has 25 heavy (non-hydrogen) atoms. The van der Waals surface area contributed by atoms with Gasteiger partial charge < -0.3 is 10.6 Å². The maximum Gasteiger partial charge on any atom is 0.417 e. The highest BCUT2D eigenvalue weighted by Gasteiger charge is 2.32. The lowest BCUT2D eigenvalue weighted by atomic mass is 10.0. The number of alkyl halides is 3. The van der Waals surface area contributed by atoms with Crippen LogP contribution in [-0.2, 0) is 17.5 Å². The minimum absolute atomic E-state index is 0.0133. The molecule has 0 aliphatic carbocycles. The summed E-state index contributed by atoms with van der Waals surface area (Å²) in [5, 5.41) is 13.4. The molecule has 1 fully saturated rings. The van der Waals surface area contributed by atoms with E-state index in [2.05, 4.69) is 20.8 Å². The zero-order valence-corrected chi connectivity index (χ0v) is 14.0. The summed E-state index contributed by atoms with van der Waals surface area (Å²) >= 11 is 5.85. The molecular weight excluding hydrogens is 359 g/mol. The molecular formula is C15H17ClF3N5O. The van der Waals surface area contributed by atoms with Crippen molar-refractivity contribution in [1.82, 2.24) is 25.2 Å². The highest BCUT2D eigenvalue weighted by Crippen LogP contribution is 2.32. The van der Waals surface area contributed by atoms with Gasteiger partial charge in [-0.3, -0.25) is 9.20 Å². The molecule has 136 valence electrons. The van der Waals surface area contributed by atoms with Crippen LogP contribution in [0, 0.1) is 5.92 Å². The lowest BCUT2D eigenvalue weighted by molar-refractivity contribution is -0.137. The Morgan fingerprint density at radius 3 is 2.92 bits per heavy atom. The second-order valence-electron chi connectivity index (χ2n) is 6.06. The van der Waals surface area contributed by atoms with Gasteiger partial charge in [0.2, 0.25) is 5.91 Å². The number of carbonyl (C=O) groups excluding carboxylic acids is 1. The summed E-state index contributed by atoms with van der Waals surface area (Å²) in [4.78, 5) is 11.9. The van der Waals surface area contributed by atoms with E-state index in [0.29, 0.717) is 12.3 Å². The third-order valence-electron chi connectivity index (χ3n) is 4.24. The van der Waals surface area contributed by atoms with Crippen molar-refractivity contribution in [3.63, 3.8) is 0 Å². The van der Waals surface area contributed by atoms with Crippen molar-refractivity contribution >= 4 is 23.2 Å². The smallest absolute Gasteiger partial charge is 0.349 e. The maximum absolute atomic E-state index is 12.9. The molecule has 6 nitrogen and oxygen atoms in total. The SMILES string of the molecule is O=C(CCC1CCNC1)NCc1nnc2c(Cl)cc(C(F)(F)F)cn12. The van der Waals surface area contributed by atoms with Gasteiger partial charge in [-0.05, 0) is 37.9 Å². The first-order valence-corrected chi connectivity index (χ1v) is 8.30. The number of hydrogen-bond acceptors (Lipinski definition) is 4. The number of carbonyl (C=O) groups is 1. The first kappa shape index (κ1) is 17.9. The lowest BCUT2D eigenvalue weighted by Crippen LogP contribution is -2.24. The van der Waals surface area contributed by atoms with Gasteiger partial charge in [0.25, 0.3) is 0 Å². The molecule has 0 aromatic carbocycles. The third-order valence-corrected chi connectivity index (χ3v) is 4.52. The molecule has 1 amide bonds. The van der Waals surface area contributed by atoms with Crippen LogP contribution in [-0.4, -0.2) is 33.6 Å². The van der Waals surface area contributed by atoms with Gasteiger partial charge in [0.15, 0.2) is 11.5 Å². The summed E-state index contributed by atoms with van der Waals surface area (Å²) in [5.74, 6) is 0.522. The Balaban J connectivity index is 1.66. The van der Waals surface area contributed by atoms with Crippen molar-refractivity contribution < 1.29 is 18.0 Å². The third kappa shape index (κ3) is 4.21. The predicted molar refractivity (Wildman–Crippen MR) is 85.1 cm³/mol. The second-order valence-corrected chi connectivity index (χ2v) is 6.47. The molecule has 1 atom stereocenters. The molecule has 0 saturated carbocycles. The van der Waals surface area contributed by atoms with Crippen molar-refractivity contribution in [2.24, 2.45) is 5.92 Å². The molecule has 1 unspecified atom stereocenters. The van der Waals surface area contributed by atoms with Crippen molar-refractivity contribution in [1.29, 1.82) is 0 Å². The van der Waals surface area contributed by atoms with E-state index in [1.165, 1.54) is 0 Å². The Labute approximate surface area is 146 Å². The topological polar surface area (TPSA) is 71.3 Å². The number of nitrogens with zero attached hydrogens (tertiary/aromatic N) is 3. The Morgan fingerprint density at radius 1 is 1.44 bits per heavy atom. The van der Waals surface area contributed by atoms with Crippen molar-refractivity contribution in [2.75, 3.05) is 13.1 Å². The predicted octanol–water partition coefficient (Wildman–Crippen LogP) is 2.41. The number of fused-ring (bicyclic) bond motifs is 1. The molecule has 2 aromatic heterocycles. The number of hydrogen-bond donors (Lipinski definition) is 2. The summed E-state index contributed by atoms with van der Waals surface area (Å²) in [6.07, 6.45) is -1.44. The largest absolute Gasteiger partial charge is 0.417 e. The zero-order valence-electron chi connectivity index (χ0n) is 13.2. The van der Waals surface area contributed by atoms with E-state index in [1.54, 1.807) is 0 Å². The van der Waals surface area contributed by atoms with Crippen LogP contribution in [0.1, 0.15) is 30.7 Å². The molecule has 1 saturated heterocycles. The van der Waals surface area contributed by atoms with E-state index < -0.39 is 11.7 Å². The van der Waals surface area contributed by atoms with Crippen LogP contribution in [0.4, 0.5) is 13.2 Å². The number of nitrogens with one attached hydrogen (secondary N) is 2. The van der Waals surface area contributed by atoms with Crippen LogP contribution in [0.15, 0.2) is 12.3 Å².